The molecule has 1 aromatic carbocycles. The Morgan fingerprint density at radius 2 is 2.04 bits per heavy atom. The number of phenolic OH excluding ortho intramolecular Hbond substituents is 1. The van der Waals surface area contributed by atoms with Crippen molar-refractivity contribution < 1.29 is 5.11 Å². The summed E-state index contributed by atoms with van der Waals surface area (Å²) in [5.41, 5.74) is 5.95. The molecule has 0 aliphatic carbocycles. The van der Waals surface area contributed by atoms with Crippen LogP contribution in [0.5, 0.6) is 5.75 Å². The molecule has 0 saturated heterocycles. The highest BCUT2D eigenvalue weighted by Gasteiger charge is 2.27. The Bertz CT molecular complexity index is 1120. The summed E-state index contributed by atoms with van der Waals surface area (Å²) >= 11 is 0. The third-order valence-corrected chi connectivity index (χ3v) is 4.76. The van der Waals surface area contributed by atoms with E-state index in [-0.39, 0.29) is 11.8 Å². The fourth-order valence-electron chi connectivity index (χ4n) is 3.61. The normalized spacial score (nSPS) is 15.5. The fourth-order valence-corrected chi connectivity index (χ4v) is 3.61. The second-order valence-electron chi connectivity index (χ2n) is 6.24. The Labute approximate surface area is 143 Å². The zero-order valence-corrected chi connectivity index (χ0v) is 13.5. The molecule has 1 unspecified atom stereocenters. The highest BCUT2D eigenvalue weighted by molar-refractivity contribution is 5.99. The lowest BCUT2D eigenvalue weighted by molar-refractivity contribution is 0.474. The lowest BCUT2D eigenvalue weighted by atomic mass is 9.94. The molecule has 3 N–H and O–H groups in total. The summed E-state index contributed by atoms with van der Waals surface area (Å²) < 4.78 is 0. The van der Waals surface area contributed by atoms with Crippen LogP contribution in [0.1, 0.15) is 22.7 Å². The van der Waals surface area contributed by atoms with E-state index in [4.69, 9.17) is 0 Å². The number of hydrogen-bond acceptors (Lipinski definition) is 5. The van der Waals surface area contributed by atoms with Crippen LogP contribution in [0, 0.1) is 6.92 Å². The third kappa shape index (κ3) is 2.00. The number of H-pyrrole nitrogens is 1. The van der Waals surface area contributed by atoms with Crippen LogP contribution in [0.4, 0.5) is 5.82 Å². The van der Waals surface area contributed by atoms with Gasteiger partial charge in [-0.1, -0.05) is 6.07 Å². The number of phenols is 1. The first-order valence-electron chi connectivity index (χ1n) is 8.06. The van der Waals surface area contributed by atoms with E-state index in [0.29, 0.717) is 0 Å². The number of aromatic amines is 1. The topological polar surface area (TPSA) is 86.7 Å². The molecule has 6 heteroatoms. The Morgan fingerprint density at radius 3 is 2.92 bits per heavy atom. The minimum atomic E-state index is -0.103. The van der Waals surface area contributed by atoms with Crippen LogP contribution in [0.3, 0.4) is 0 Å². The molecule has 1 aliphatic rings. The quantitative estimate of drug-likeness (QED) is 0.497. The molecule has 4 aromatic rings. The van der Waals surface area contributed by atoms with E-state index in [1.165, 1.54) is 0 Å². The van der Waals surface area contributed by atoms with E-state index in [1.54, 1.807) is 24.5 Å². The fraction of sp³-hybridized carbons (Fsp3) is 0.105. The van der Waals surface area contributed by atoms with Crippen LogP contribution in [0.2, 0.25) is 0 Å². The van der Waals surface area contributed by atoms with Crippen LogP contribution in [0.25, 0.3) is 22.2 Å². The van der Waals surface area contributed by atoms with Gasteiger partial charge in [0.2, 0.25) is 0 Å². The molecule has 3 aromatic heterocycles. The lowest BCUT2D eigenvalue weighted by Gasteiger charge is -2.20. The Balaban J connectivity index is 1.85. The summed E-state index contributed by atoms with van der Waals surface area (Å²) in [6, 6.07) is 9.29. The Morgan fingerprint density at radius 1 is 1.12 bits per heavy atom. The predicted octanol–water partition coefficient (Wildman–Crippen LogP) is 3.55. The molecule has 0 fully saturated rings. The highest BCUT2D eigenvalue weighted by Crippen LogP contribution is 2.42. The third-order valence-electron chi connectivity index (χ3n) is 4.76. The molecule has 4 heterocycles. The van der Waals surface area contributed by atoms with Crippen molar-refractivity contribution in [2.24, 2.45) is 0 Å². The van der Waals surface area contributed by atoms with Gasteiger partial charge < -0.3 is 15.4 Å². The van der Waals surface area contributed by atoms with E-state index in [1.807, 2.05) is 31.3 Å². The van der Waals surface area contributed by atoms with Crippen molar-refractivity contribution in [1.29, 1.82) is 0 Å². The second-order valence-corrected chi connectivity index (χ2v) is 6.24. The molecule has 0 bridgehead atoms. The van der Waals surface area contributed by atoms with Crippen molar-refractivity contribution >= 4 is 16.9 Å². The van der Waals surface area contributed by atoms with Gasteiger partial charge in [-0.05, 0) is 42.3 Å². The molecule has 0 saturated carbocycles. The molecular weight excluding hydrogens is 314 g/mol. The van der Waals surface area contributed by atoms with E-state index < -0.39 is 0 Å². The maximum absolute atomic E-state index is 9.76. The average Bonchev–Trinajstić information content (AvgIpc) is 2.98. The van der Waals surface area contributed by atoms with Crippen LogP contribution >= 0.6 is 0 Å². The number of rotatable bonds is 1. The monoisotopic (exact) mass is 329 g/mol. The van der Waals surface area contributed by atoms with Crippen molar-refractivity contribution in [2.45, 2.75) is 13.0 Å². The maximum atomic E-state index is 9.76. The summed E-state index contributed by atoms with van der Waals surface area (Å²) in [6.07, 6.45) is 5.53. The van der Waals surface area contributed by atoms with Gasteiger partial charge in [0.15, 0.2) is 5.65 Å². The number of anilines is 1. The van der Waals surface area contributed by atoms with Crippen LogP contribution in [-0.4, -0.2) is 25.3 Å². The summed E-state index contributed by atoms with van der Waals surface area (Å²) in [5, 5.41) is 22.7. The zero-order chi connectivity index (χ0) is 17.0. The van der Waals surface area contributed by atoms with Crippen molar-refractivity contribution in [1.82, 2.24) is 20.2 Å². The molecule has 0 amide bonds. The molecule has 25 heavy (non-hydrogen) atoms. The lowest BCUT2D eigenvalue weighted by Crippen LogP contribution is -2.13. The molecule has 122 valence electrons. The number of fused-ring (bicyclic) bond motifs is 2. The number of nitrogens with one attached hydrogen (secondary N) is 2. The SMILES string of the molecule is Cc1cc(O)ccc1C1Nc2ncccc2-c2cnnc3[nH]cc1c23. The van der Waals surface area contributed by atoms with Gasteiger partial charge in [-0.3, -0.25) is 0 Å². The van der Waals surface area contributed by atoms with Crippen molar-refractivity contribution in [3.8, 4) is 16.9 Å². The Kier molecular flexibility index (Phi) is 2.82. The van der Waals surface area contributed by atoms with Gasteiger partial charge in [-0.15, -0.1) is 5.10 Å². The molecule has 1 atom stereocenters. The van der Waals surface area contributed by atoms with Crippen molar-refractivity contribution in [3.63, 3.8) is 0 Å². The van der Waals surface area contributed by atoms with Crippen molar-refractivity contribution in [2.75, 3.05) is 5.32 Å². The molecule has 0 spiro atoms. The number of benzene rings is 1. The largest absolute Gasteiger partial charge is 0.508 e. The first-order chi connectivity index (χ1) is 12.2. The number of aryl methyl sites for hydroxylation is 1. The predicted molar refractivity (Wildman–Crippen MR) is 95.4 cm³/mol. The van der Waals surface area contributed by atoms with Gasteiger partial charge in [0.1, 0.15) is 11.6 Å². The summed E-state index contributed by atoms with van der Waals surface area (Å²) in [7, 11) is 0. The van der Waals surface area contributed by atoms with Crippen LogP contribution in [0.15, 0.2) is 48.9 Å². The zero-order valence-electron chi connectivity index (χ0n) is 13.5. The number of aromatic hydroxyl groups is 1. The summed E-state index contributed by atoms with van der Waals surface area (Å²) in [6.45, 7) is 2.00. The van der Waals surface area contributed by atoms with E-state index in [2.05, 4.69) is 25.5 Å². The van der Waals surface area contributed by atoms with E-state index >= 15 is 0 Å². The summed E-state index contributed by atoms with van der Waals surface area (Å²) in [5.74, 6) is 1.07. The number of hydrogen-bond donors (Lipinski definition) is 3. The number of aromatic nitrogens is 4. The average molecular weight is 329 g/mol. The molecule has 5 rings (SSSR count). The van der Waals surface area contributed by atoms with Crippen molar-refractivity contribution in [3.05, 3.63) is 65.6 Å². The maximum Gasteiger partial charge on any atom is 0.160 e. The molecule has 6 nitrogen and oxygen atoms in total. The highest BCUT2D eigenvalue weighted by atomic mass is 16.3. The number of pyridine rings is 1. The first kappa shape index (κ1) is 14.0. The van der Waals surface area contributed by atoms with Gasteiger partial charge in [0, 0.05) is 34.5 Å². The first-order valence-corrected chi connectivity index (χ1v) is 8.06. The van der Waals surface area contributed by atoms with Gasteiger partial charge in [-0.2, -0.15) is 5.10 Å². The molecular formula is C19H15N5O. The van der Waals surface area contributed by atoms with Gasteiger partial charge in [0.25, 0.3) is 0 Å². The molecule has 1 aliphatic heterocycles. The molecule has 0 radical (unpaired) electrons. The van der Waals surface area contributed by atoms with Gasteiger partial charge in [-0.25, -0.2) is 4.98 Å². The standard InChI is InChI=1S/C19H15N5O/c1-10-7-11(25)4-5-12(10)17-15-8-21-19-16(15)14(9-22-24-19)13-3-2-6-20-18(13)23-17/h2-9,17,25H,1H3,(H,20,23)(H,21,24). The van der Waals surface area contributed by atoms with Crippen LogP contribution in [-0.2, 0) is 0 Å². The van der Waals surface area contributed by atoms with Crippen LogP contribution < -0.4 is 5.32 Å². The Hall–Kier alpha value is -3.41. The smallest absolute Gasteiger partial charge is 0.160 e. The second kappa shape index (κ2) is 5.04. The van der Waals surface area contributed by atoms with Gasteiger partial charge >= 0.3 is 0 Å². The number of nitrogens with zero attached hydrogens (tertiary/aromatic N) is 3. The minimum absolute atomic E-state index is 0.103. The minimum Gasteiger partial charge on any atom is -0.508 e. The van der Waals surface area contributed by atoms with E-state index in [9.17, 15) is 5.11 Å². The summed E-state index contributed by atoms with van der Waals surface area (Å²) in [4.78, 5) is 7.76. The van der Waals surface area contributed by atoms with Gasteiger partial charge in [0.05, 0.1) is 12.2 Å². The van der Waals surface area contributed by atoms with E-state index in [0.717, 1.165) is 44.7 Å².